The number of aromatic nitrogens is 3. The summed E-state index contributed by atoms with van der Waals surface area (Å²) in [4.78, 5) is 7.11. The molecule has 0 saturated carbocycles. The van der Waals surface area contributed by atoms with E-state index in [9.17, 15) is 0 Å². The molecule has 4 aromatic heterocycles. The second-order valence-electron chi connectivity index (χ2n) is 5.83. The van der Waals surface area contributed by atoms with Crippen molar-refractivity contribution < 1.29 is 9.37 Å². The maximum atomic E-state index is 5.41. The number of nitrogens with zero attached hydrogens (tertiary/aromatic N) is 3. The van der Waals surface area contributed by atoms with Crippen molar-refractivity contribution in [3.05, 3.63) is 59.3 Å². The van der Waals surface area contributed by atoms with Crippen LogP contribution in [0.1, 0.15) is 0 Å². The molecule has 0 bridgehead atoms. The number of hydrogen-bond acceptors (Lipinski definition) is 7. The zero-order valence-electron chi connectivity index (χ0n) is 14.2. The quantitative estimate of drug-likeness (QED) is 0.390. The van der Waals surface area contributed by atoms with Crippen LogP contribution in [0, 0.1) is 0 Å². The van der Waals surface area contributed by atoms with Crippen LogP contribution in [0.15, 0.2) is 63.9 Å². The average Bonchev–Trinajstić information content (AvgIpc) is 3.49. The number of rotatable bonds is 4. The molecule has 4 heterocycles. The molecule has 5 nitrogen and oxygen atoms in total. The standard InChI is InChI=1S/C20H13N3O2S2/c1-24-13-6-2-5-12(11-13)17-16(14-7-3-9-26-14)19-20(23-25-22-19)18(21-17)15-8-4-10-27-15/h2-11H,1H3. The van der Waals surface area contributed by atoms with Gasteiger partial charge in [0, 0.05) is 16.0 Å². The maximum absolute atomic E-state index is 5.41. The highest BCUT2D eigenvalue weighted by Gasteiger charge is 2.23. The SMILES string of the molecule is COc1cccc(-c2nc(-c3cccs3)c3nonc3c2-c2cccs2)c1. The Morgan fingerprint density at radius 3 is 2.37 bits per heavy atom. The molecule has 0 fully saturated rings. The highest BCUT2D eigenvalue weighted by molar-refractivity contribution is 7.14. The van der Waals surface area contributed by atoms with Gasteiger partial charge in [-0.1, -0.05) is 24.3 Å². The fourth-order valence-electron chi connectivity index (χ4n) is 3.06. The van der Waals surface area contributed by atoms with E-state index < -0.39 is 0 Å². The highest BCUT2D eigenvalue weighted by Crippen LogP contribution is 2.42. The van der Waals surface area contributed by atoms with E-state index in [1.165, 1.54) is 0 Å². The normalized spacial score (nSPS) is 11.1. The second kappa shape index (κ2) is 6.61. The van der Waals surface area contributed by atoms with Crippen LogP contribution in [-0.2, 0) is 0 Å². The number of pyridine rings is 1. The molecule has 1 aromatic carbocycles. The third-order valence-corrected chi connectivity index (χ3v) is 6.04. The highest BCUT2D eigenvalue weighted by atomic mass is 32.1. The number of fused-ring (bicyclic) bond motifs is 1. The van der Waals surface area contributed by atoms with Crippen molar-refractivity contribution in [2.45, 2.75) is 0 Å². The van der Waals surface area contributed by atoms with Gasteiger partial charge >= 0.3 is 0 Å². The van der Waals surface area contributed by atoms with E-state index in [0.29, 0.717) is 11.0 Å². The Labute approximate surface area is 162 Å². The van der Waals surface area contributed by atoms with E-state index in [0.717, 1.165) is 38.0 Å². The molecule has 0 spiro atoms. The predicted molar refractivity (Wildman–Crippen MR) is 108 cm³/mol. The van der Waals surface area contributed by atoms with Gasteiger partial charge in [-0.3, -0.25) is 0 Å². The van der Waals surface area contributed by atoms with Gasteiger partial charge in [0.2, 0.25) is 0 Å². The van der Waals surface area contributed by atoms with Gasteiger partial charge in [0.05, 0.1) is 17.7 Å². The molecule has 5 aromatic rings. The van der Waals surface area contributed by atoms with Gasteiger partial charge in [-0.25, -0.2) is 9.61 Å². The van der Waals surface area contributed by atoms with E-state index in [1.807, 2.05) is 53.2 Å². The van der Waals surface area contributed by atoms with Crippen LogP contribution in [0.3, 0.4) is 0 Å². The fraction of sp³-hybridized carbons (Fsp3) is 0.0500. The number of benzene rings is 1. The molecule has 0 atom stereocenters. The number of thiophene rings is 2. The predicted octanol–water partition coefficient (Wildman–Crippen LogP) is 5.75. The Bertz CT molecular complexity index is 1210. The van der Waals surface area contributed by atoms with E-state index in [4.69, 9.17) is 14.3 Å². The summed E-state index contributed by atoms with van der Waals surface area (Å²) < 4.78 is 10.5. The van der Waals surface area contributed by atoms with Gasteiger partial charge in [-0.05, 0) is 45.3 Å². The Kier molecular flexibility index (Phi) is 3.95. The van der Waals surface area contributed by atoms with Crippen LogP contribution in [-0.4, -0.2) is 22.4 Å². The lowest BCUT2D eigenvalue weighted by Crippen LogP contribution is -1.94. The molecule has 0 saturated heterocycles. The van der Waals surface area contributed by atoms with Crippen LogP contribution >= 0.6 is 22.7 Å². The Hall–Kier alpha value is -3.03. The minimum absolute atomic E-state index is 0.674. The van der Waals surface area contributed by atoms with E-state index in [2.05, 4.69) is 16.4 Å². The van der Waals surface area contributed by atoms with Crippen molar-refractivity contribution in [2.75, 3.05) is 7.11 Å². The van der Waals surface area contributed by atoms with Crippen molar-refractivity contribution in [3.8, 4) is 38.0 Å². The minimum Gasteiger partial charge on any atom is -0.497 e. The molecule has 7 heteroatoms. The third-order valence-electron chi connectivity index (χ3n) is 4.28. The van der Waals surface area contributed by atoms with Gasteiger partial charge in [0.1, 0.15) is 17.0 Å². The molecule has 5 rings (SSSR count). The first-order chi connectivity index (χ1) is 13.3. The minimum atomic E-state index is 0.674. The summed E-state index contributed by atoms with van der Waals surface area (Å²) >= 11 is 3.25. The third kappa shape index (κ3) is 2.72. The summed E-state index contributed by atoms with van der Waals surface area (Å²) in [6, 6.07) is 16.0. The summed E-state index contributed by atoms with van der Waals surface area (Å²) in [5.41, 5.74) is 4.89. The molecule has 0 N–H and O–H groups in total. The summed E-state index contributed by atoms with van der Waals surface area (Å²) in [6.45, 7) is 0. The zero-order chi connectivity index (χ0) is 18.2. The van der Waals surface area contributed by atoms with Crippen molar-refractivity contribution >= 4 is 33.7 Å². The number of methoxy groups -OCH3 is 1. The fourth-order valence-corrected chi connectivity index (χ4v) is 4.55. The molecule has 132 valence electrons. The van der Waals surface area contributed by atoms with Crippen LogP contribution in [0.4, 0.5) is 0 Å². The van der Waals surface area contributed by atoms with Crippen molar-refractivity contribution in [1.82, 2.24) is 15.3 Å². The Morgan fingerprint density at radius 2 is 1.63 bits per heavy atom. The first kappa shape index (κ1) is 16.2. The average molecular weight is 391 g/mol. The Morgan fingerprint density at radius 1 is 0.852 bits per heavy atom. The topological polar surface area (TPSA) is 61.0 Å². The summed E-state index contributed by atoms with van der Waals surface area (Å²) in [5, 5.41) is 12.4. The first-order valence-electron chi connectivity index (χ1n) is 8.23. The molecule has 0 amide bonds. The lowest BCUT2D eigenvalue weighted by atomic mass is 10.0. The molecule has 0 unspecified atom stereocenters. The summed E-state index contributed by atoms with van der Waals surface area (Å²) in [6.07, 6.45) is 0. The first-order valence-corrected chi connectivity index (χ1v) is 9.99. The van der Waals surface area contributed by atoms with E-state index in [1.54, 1.807) is 29.8 Å². The van der Waals surface area contributed by atoms with Gasteiger partial charge in [-0.2, -0.15) is 0 Å². The van der Waals surface area contributed by atoms with E-state index >= 15 is 0 Å². The molecule has 0 aliphatic carbocycles. The molecular formula is C20H13N3O2S2. The summed E-state index contributed by atoms with van der Waals surface area (Å²) in [5.74, 6) is 0.780. The van der Waals surface area contributed by atoms with Crippen molar-refractivity contribution in [3.63, 3.8) is 0 Å². The van der Waals surface area contributed by atoms with Crippen molar-refractivity contribution in [2.24, 2.45) is 0 Å². The monoisotopic (exact) mass is 391 g/mol. The molecule has 27 heavy (non-hydrogen) atoms. The smallest absolute Gasteiger partial charge is 0.163 e. The maximum Gasteiger partial charge on any atom is 0.163 e. The second-order valence-corrected chi connectivity index (χ2v) is 7.73. The van der Waals surface area contributed by atoms with Crippen LogP contribution in [0.25, 0.3) is 43.3 Å². The Balaban J connectivity index is 1.88. The number of ether oxygens (including phenoxy) is 1. The molecular weight excluding hydrogens is 378 g/mol. The summed E-state index contributed by atoms with van der Waals surface area (Å²) in [7, 11) is 1.66. The molecule has 0 aliphatic rings. The van der Waals surface area contributed by atoms with Crippen LogP contribution in [0.2, 0.25) is 0 Å². The molecule has 0 aliphatic heterocycles. The lowest BCUT2D eigenvalue weighted by Gasteiger charge is -2.11. The van der Waals surface area contributed by atoms with Crippen LogP contribution in [0.5, 0.6) is 5.75 Å². The lowest BCUT2D eigenvalue weighted by molar-refractivity contribution is 0.315. The molecule has 0 radical (unpaired) electrons. The van der Waals surface area contributed by atoms with Gasteiger partial charge in [0.15, 0.2) is 5.52 Å². The van der Waals surface area contributed by atoms with Gasteiger partial charge in [0.25, 0.3) is 0 Å². The van der Waals surface area contributed by atoms with E-state index in [-0.39, 0.29) is 0 Å². The van der Waals surface area contributed by atoms with Crippen molar-refractivity contribution in [1.29, 1.82) is 0 Å². The number of hydrogen-bond donors (Lipinski definition) is 0. The zero-order valence-corrected chi connectivity index (χ0v) is 15.9. The van der Waals surface area contributed by atoms with Crippen LogP contribution < -0.4 is 4.74 Å². The largest absolute Gasteiger partial charge is 0.497 e. The van der Waals surface area contributed by atoms with Gasteiger partial charge < -0.3 is 4.74 Å². The van der Waals surface area contributed by atoms with Gasteiger partial charge in [-0.15, -0.1) is 22.7 Å².